The maximum absolute atomic E-state index is 13.9. The maximum atomic E-state index is 13.9. The van der Waals surface area contributed by atoms with E-state index in [0.29, 0.717) is 11.1 Å². The van der Waals surface area contributed by atoms with Crippen LogP contribution in [0.5, 0.6) is 0 Å². The highest BCUT2D eigenvalue weighted by Gasteiger charge is 2.34. The molecule has 0 radical (unpaired) electrons. The summed E-state index contributed by atoms with van der Waals surface area (Å²) in [6.45, 7) is 1.56. The van der Waals surface area contributed by atoms with E-state index < -0.39 is 17.7 Å². The van der Waals surface area contributed by atoms with Crippen LogP contribution in [0.3, 0.4) is 0 Å². The van der Waals surface area contributed by atoms with E-state index in [1.165, 1.54) is 12.1 Å². The number of aryl methyl sites for hydroxylation is 1. The summed E-state index contributed by atoms with van der Waals surface area (Å²) in [7, 11) is 0. The van der Waals surface area contributed by atoms with Gasteiger partial charge in [-0.3, -0.25) is 4.79 Å². The number of hydrogen-bond acceptors (Lipinski definition) is 5. The number of aromatic nitrogens is 2. The molecular weight excluding hydrogens is 473 g/mol. The molecule has 6 nitrogen and oxygen atoms in total. The molecule has 0 bridgehead atoms. The van der Waals surface area contributed by atoms with E-state index >= 15 is 0 Å². The van der Waals surface area contributed by atoms with Crippen LogP contribution in [0.1, 0.15) is 35.4 Å². The molecule has 9 heteroatoms. The van der Waals surface area contributed by atoms with Crippen LogP contribution < -0.4 is 0 Å². The van der Waals surface area contributed by atoms with Crippen molar-refractivity contribution in [2.75, 3.05) is 6.61 Å². The van der Waals surface area contributed by atoms with Crippen LogP contribution in [0.15, 0.2) is 71.3 Å². The minimum atomic E-state index is -4.59. The molecule has 2 N–H and O–H groups in total. The van der Waals surface area contributed by atoms with Gasteiger partial charge in [-0.2, -0.15) is 18.2 Å². The van der Waals surface area contributed by atoms with E-state index in [9.17, 15) is 23.1 Å². The van der Waals surface area contributed by atoms with Crippen molar-refractivity contribution in [3.8, 4) is 34.0 Å². The minimum Gasteiger partial charge on any atom is -0.481 e. The standard InChI is InChI=1S/C27H23F3N2O4/c1-16-4-2-3-5-21(16)22-12-10-19(14-23(22)27(28,29)30)26-31-25(32-36-26)18-8-6-17(7-9-18)20(15-33)11-13-24(34)35/h2-10,12,14,20,33H,11,13,15H2,1H3,(H,34,35). The number of aliphatic carboxylic acids is 1. The second kappa shape index (κ2) is 10.3. The lowest BCUT2D eigenvalue weighted by molar-refractivity contribution is -0.138. The third kappa shape index (κ3) is 5.46. The van der Waals surface area contributed by atoms with Gasteiger partial charge in [0.05, 0.1) is 5.56 Å². The lowest BCUT2D eigenvalue weighted by Crippen LogP contribution is -2.08. The number of carboxylic acids is 1. The van der Waals surface area contributed by atoms with Gasteiger partial charge < -0.3 is 14.7 Å². The number of rotatable bonds is 8. The zero-order valence-electron chi connectivity index (χ0n) is 19.3. The highest BCUT2D eigenvalue weighted by molar-refractivity contribution is 5.74. The van der Waals surface area contributed by atoms with Crippen molar-refractivity contribution in [1.82, 2.24) is 10.1 Å². The van der Waals surface area contributed by atoms with Crippen molar-refractivity contribution in [3.05, 3.63) is 83.4 Å². The molecule has 186 valence electrons. The summed E-state index contributed by atoms with van der Waals surface area (Å²) in [6.07, 6.45) is -4.36. The number of carboxylic acid groups (broad SMARTS) is 1. The number of carbonyl (C=O) groups is 1. The van der Waals surface area contributed by atoms with Crippen molar-refractivity contribution in [1.29, 1.82) is 0 Å². The molecule has 0 aliphatic heterocycles. The van der Waals surface area contributed by atoms with Gasteiger partial charge in [-0.05, 0) is 47.7 Å². The first kappa shape index (κ1) is 25.1. The number of nitrogens with zero attached hydrogens (tertiary/aromatic N) is 2. The van der Waals surface area contributed by atoms with E-state index in [4.69, 9.17) is 9.63 Å². The Bertz CT molecular complexity index is 1360. The van der Waals surface area contributed by atoms with Crippen LogP contribution in [-0.4, -0.2) is 32.9 Å². The Morgan fingerprint density at radius 1 is 1.00 bits per heavy atom. The summed E-state index contributed by atoms with van der Waals surface area (Å²) in [4.78, 5) is 15.1. The molecule has 0 spiro atoms. The van der Waals surface area contributed by atoms with Gasteiger partial charge in [0.25, 0.3) is 5.89 Å². The molecule has 4 rings (SSSR count). The Kier molecular flexibility index (Phi) is 7.21. The van der Waals surface area contributed by atoms with E-state index in [1.54, 1.807) is 55.5 Å². The van der Waals surface area contributed by atoms with Gasteiger partial charge in [-0.15, -0.1) is 0 Å². The molecular formula is C27H23F3N2O4. The quantitative estimate of drug-likeness (QED) is 0.296. The monoisotopic (exact) mass is 496 g/mol. The average Bonchev–Trinajstić information content (AvgIpc) is 3.34. The summed E-state index contributed by atoms with van der Waals surface area (Å²) >= 11 is 0. The first-order valence-electron chi connectivity index (χ1n) is 11.2. The number of halogens is 3. The second-order valence-corrected chi connectivity index (χ2v) is 8.43. The van der Waals surface area contributed by atoms with Crippen LogP contribution in [0, 0.1) is 6.92 Å². The Balaban J connectivity index is 1.62. The van der Waals surface area contributed by atoms with Crippen molar-refractivity contribution >= 4 is 5.97 Å². The van der Waals surface area contributed by atoms with E-state index in [2.05, 4.69) is 10.1 Å². The molecule has 1 aromatic heterocycles. The average molecular weight is 496 g/mol. The Labute approximate surface area is 205 Å². The van der Waals surface area contributed by atoms with Crippen LogP contribution in [0.2, 0.25) is 0 Å². The summed E-state index contributed by atoms with van der Waals surface area (Å²) in [6, 6.07) is 17.7. The number of aliphatic hydroxyl groups excluding tert-OH is 1. The Hall–Kier alpha value is -3.98. The number of hydrogen-bond donors (Lipinski definition) is 2. The SMILES string of the molecule is Cc1ccccc1-c1ccc(-c2nc(-c3ccc(C(CO)CCC(=O)O)cc3)no2)cc1C(F)(F)F. The molecule has 1 unspecified atom stereocenters. The fourth-order valence-corrected chi connectivity index (χ4v) is 4.05. The minimum absolute atomic E-state index is 0.0504. The highest BCUT2D eigenvalue weighted by atomic mass is 19.4. The zero-order valence-corrected chi connectivity index (χ0v) is 19.3. The first-order chi connectivity index (χ1) is 17.2. The predicted octanol–water partition coefficient (Wildman–Crippen LogP) is 6.34. The zero-order chi connectivity index (χ0) is 25.9. The highest BCUT2D eigenvalue weighted by Crippen LogP contribution is 2.40. The molecule has 3 aromatic carbocycles. The molecule has 0 fully saturated rings. The Morgan fingerprint density at radius 2 is 1.69 bits per heavy atom. The van der Waals surface area contributed by atoms with Gasteiger partial charge in [0.2, 0.25) is 5.82 Å². The molecule has 1 atom stereocenters. The molecule has 1 heterocycles. The molecule has 0 saturated carbocycles. The number of benzene rings is 3. The topological polar surface area (TPSA) is 96.5 Å². The second-order valence-electron chi connectivity index (χ2n) is 8.43. The largest absolute Gasteiger partial charge is 0.481 e. The lowest BCUT2D eigenvalue weighted by atomic mass is 9.94. The van der Waals surface area contributed by atoms with Gasteiger partial charge in [0, 0.05) is 30.1 Å². The van der Waals surface area contributed by atoms with Crippen molar-refractivity contribution in [2.24, 2.45) is 0 Å². The van der Waals surface area contributed by atoms with E-state index in [-0.39, 0.29) is 48.2 Å². The maximum Gasteiger partial charge on any atom is 0.417 e. The van der Waals surface area contributed by atoms with Gasteiger partial charge in [0.1, 0.15) is 0 Å². The molecule has 4 aromatic rings. The van der Waals surface area contributed by atoms with Gasteiger partial charge in [-0.1, -0.05) is 59.8 Å². The van der Waals surface area contributed by atoms with Crippen molar-refractivity contribution < 1.29 is 32.7 Å². The van der Waals surface area contributed by atoms with Gasteiger partial charge in [-0.25, -0.2) is 0 Å². The van der Waals surface area contributed by atoms with Gasteiger partial charge in [0.15, 0.2) is 0 Å². The molecule has 0 amide bonds. The molecule has 0 saturated heterocycles. The predicted molar refractivity (Wildman–Crippen MR) is 127 cm³/mol. The van der Waals surface area contributed by atoms with Crippen LogP contribution in [-0.2, 0) is 11.0 Å². The summed E-state index contributed by atoms with van der Waals surface area (Å²) < 4.78 is 47.1. The number of alkyl halides is 3. The van der Waals surface area contributed by atoms with Crippen LogP contribution in [0.25, 0.3) is 34.0 Å². The van der Waals surface area contributed by atoms with Crippen LogP contribution in [0.4, 0.5) is 13.2 Å². The third-order valence-corrected chi connectivity index (χ3v) is 6.00. The van der Waals surface area contributed by atoms with Crippen LogP contribution >= 0.6 is 0 Å². The van der Waals surface area contributed by atoms with Gasteiger partial charge >= 0.3 is 12.1 Å². The normalized spacial score (nSPS) is 12.5. The van der Waals surface area contributed by atoms with Crippen molar-refractivity contribution in [3.63, 3.8) is 0 Å². The number of aliphatic hydroxyl groups is 1. The summed E-state index contributed by atoms with van der Waals surface area (Å²) in [5.41, 5.74) is 1.96. The van der Waals surface area contributed by atoms with E-state index in [1.807, 2.05) is 0 Å². The van der Waals surface area contributed by atoms with E-state index in [0.717, 1.165) is 17.2 Å². The molecule has 0 aliphatic carbocycles. The first-order valence-corrected chi connectivity index (χ1v) is 11.2. The fraction of sp³-hybridized carbons (Fsp3) is 0.222. The lowest BCUT2D eigenvalue weighted by Gasteiger charge is -2.15. The smallest absolute Gasteiger partial charge is 0.417 e. The van der Waals surface area contributed by atoms with Crippen molar-refractivity contribution in [2.45, 2.75) is 31.9 Å². The third-order valence-electron chi connectivity index (χ3n) is 6.00. The fourth-order valence-electron chi connectivity index (χ4n) is 4.05. The Morgan fingerprint density at radius 3 is 2.33 bits per heavy atom. The summed E-state index contributed by atoms with van der Waals surface area (Å²) in [5.74, 6) is -1.13. The summed E-state index contributed by atoms with van der Waals surface area (Å²) in [5, 5.41) is 22.4. The molecule has 0 aliphatic rings. The molecule has 36 heavy (non-hydrogen) atoms.